The molecule has 0 atom stereocenters. The number of benzene rings is 2. The Labute approximate surface area is 150 Å². The topological polar surface area (TPSA) is 97.2 Å². The predicted octanol–water partition coefficient (Wildman–Crippen LogP) is 2.54. The zero-order valence-electron chi connectivity index (χ0n) is 14.1. The summed E-state index contributed by atoms with van der Waals surface area (Å²) in [4.78, 5) is 27.5. The van der Waals surface area contributed by atoms with E-state index in [0.29, 0.717) is 5.56 Å². The molecule has 1 amide bonds. The summed E-state index contributed by atoms with van der Waals surface area (Å²) >= 11 is 0. The number of methoxy groups -OCH3 is 1. The molecule has 0 saturated heterocycles. The van der Waals surface area contributed by atoms with Crippen LogP contribution in [0.1, 0.15) is 27.0 Å². The van der Waals surface area contributed by atoms with Crippen molar-refractivity contribution in [2.24, 2.45) is 5.16 Å². The first kappa shape index (κ1) is 18.9. The van der Waals surface area contributed by atoms with Crippen molar-refractivity contribution in [3.05, 3.63) is 76.9 Å². The highest BCUT2D eigenvalue weighted by molar-refractivity contribution is 5.91. The number of ether oxygens (including phenoxy) is 1. The fourth-order valence-electron chi connectivity index (χ4n) is 1.97. The van der Waals surface area contributed by atoms with Crippen molar-refractivity contribution in [3.8, 4) is 0 Å². The minimum Gasteiger partial charge on any atom is -0.465 e. The molecule has 0 radical (unpaired) electrons. The summed E-state index contributed by atoms with van der Waals surface area (Å²) < 4.78 is 4.64. The molecular formula is C19H18N2O5. The molecule has 7 nitrogen and oxygen atoms in total. The van der Waals surface area contributed by atoms with Crippen molar-refractivity contribution in [2.75, 3.05) is 7.11 Å². The Bertz CT molecular complexity index is 796. The first-order valence-corrected chi connectivity index (χ1v) is 7.67. The van der Waals surface area contributed by atoms with E-state index < -0.39 is 5.91 Å². The van der Waals surface area contributed by atoms with Crippen LogP contribution < -0.4 is 5.48 Å². The van der Waals surface area contributed by atoms with Gasteiger partial charge in [0.25, 0.3) is 5.91 Å². The van der Waals surface area contributed by atoms with Crippen LogP contribution >= 0.6 is 0 Å². The molecule has 2 aromatic carbocycles. The number of hydrogen-bond donors (Lipinski definition) is 2. The molecular weight excluding hydrogens is 336 g/mol. The second kappa shape index (κ2) is 9.75. The lowest BCUT2D eigenvalue weighted by Gasteiger charge is -2.02. The summed E-state index contributed by atoms with van der Waals surface area (Å²) in [6, 6.07) is 14.1. The Morgan fingerprint density at radius 2 is 1.73 bits per heavy atom. The molecule has 0 fully saturated rings. The van der Waals surface area contributed by atoms with E-state index in [1.807, 2.05) is 12.1 Å². The maximum absolute atomic E-state index is 11.3. The summed E-state index contributed by atoms with van der Waals surface area (Å²) in [5.41, 5.74) is 4.50. The molecule has 0 aliphatic heterocycles. The SMILES string of the molecule is COC(=O)c1ccc(CON=Cc2ccc(C=CC(=O)NO)cc2)cc1. The lowest BCUT2D eigenvalue weighted by atomic mass is 10.1. The van der Waals surface area contributed by atoms with Crippen molar-refractivity contribution in [1.29, 1.82) is 0 Å². The van der Waals surface area contributed by atoms with E-state index >= 15 is 0 Å². The highest BCUT2D eigenvalue weighted by Crippen LogP contribution is 2.08. The van der Waals surface area contributed by atoms with E-state index in [0.717, 1.165) is 16.7 Å². The number of amides is 1. The van der Waals surface area contributed by atoms with Crippen LogP contribution in [0.4, 0.5) is 0 Å². The van der Waals surface area contributed by atoms with Gasteiger partial charge in [0.15, 0.2) is 0 Å². The standard InChI is InChI=1S/C19H18N2O5/c1-25-19(23)17-9-6-16(7-10-17)13-26-20-12-15-4-2-14(3-5-15)8-11-18(22)21-24/h2-12,24H,13H2,1H3,(H,21,22). The van der Waals surface area contributed by atoms with Crippen LogP contribution in [0.3, 0.4) is 0 Å². The summed E-state index contributed by atoms with van der Waals surface area (Å²) in [6.07, 6.45) is 4.36. The third-order valence-corrected chi connectivity index (χ3v) is 3.36. The molecule has 0 aliphatic carbocycles. The Morgan fingerprint density at radius 3 is 2.35 bits per heavy atom. The Kier molecular flexibility index (Phi) is 7.08. The smallest absolute Gasteiger partial charge is 0.337 e. The quantitative estimate of drug-likeness (QED) is 0.262. The zero-order valence-corrected chi connectivity index (χ0v) is 14.1. The summed E-state index contributed by atoms with van der Waals surface area (Å²) in [5.74, 6) is -0.977. The molecule has 2 rings (SSSR count). The van der Waals surface area contributed by atoms with E-state index in [1.54, 1.807) is 48.7 Å². The molecule has 134 valence electrons. The number of oxime groups is 1. The fourth-order valence-corrected chi connectivity index (χ4v) is 1.97. The van der Waals surface area contributed by atoms with Gasteiger partial charge in [0.2, 0.25) is 0 Å². The van der Waals surface area contributed by atoms with Gasteiger partial charge in [-0.15, -0.1) is 0 Å². The summed E-state index contributed by atoms with van der Waals surface area (Å²) in [5, 5.41) is 12.3. The van der Waals surface area contributed by atoms with Gasteiger partial charge in [0.1, 0.15) is 6.61 Å². The van der Waals surface area contributed by atoms with Gasteiger partial charge in [0.05, 0.1) is 18.9 Å². The van der Waals surface area contributed by atoms with Crippen LogP contribution in [-0.4, -0.2) is 30.4 Å². The zero-order chi connectivity index (χ0) is 18.8. The van der Waals surface area contributed by atoms with Gasteiger partial charge >= 0.3 is 5.97 Å². The van der Waals surface area contributed by atoms with E-state index in [4.69, 9.17) is 10.0 Å². The lowest BCUT2D eigenvalue weighted by Crippen LogP contribution is -2.14. The number of nitrogens with one attached hydrogen (secondary N) is 1. The second-order valence-electron chi connectivity index (χ2n) is 5.17. The predicted molar refractivity (Wildman–Crippen MR) is 95.6 cm³/mol. The van der Waals surface area contributed by atoms with Crippen LogP contribution in [0.15, 0.2) is 59.8 Å². The van der Waals surface area contributed by atoms with Crippen molar-refractivity contribution in [1.82, 2.24) is 5.48 Å². The van der Waals surface area contributed by atoms with Crippen molar-refractivity contribution < 1.29 is 24.4 Å². The minimum atomic E-state index is -0.594. The monoisotopic (exact) mass is 354 g/mol. The third kappa shape index (κ3) is 5.88. The van der Waals surface area contributed by atoms with E-state index in [9.17, 15) is 9.59 Å². The summed E-state index contributed by atoms with van der Waals surface area (Å²) in [7, 11) is 1.34. The van der Waals surface area contributed by atoms with Crippen LogP contribution in [0.5, 0.6) is 0 Å². The number of carbonyl (C=O) groups is 2. The Balaban J connectivity index is 1.84. The molecule has 26 heavy (non-hydrogen) atoms. The molecule has 0 heterocycles. The molecule has 0 aliphatic rings. The van der Waals surface area contributed by atoms with Gasteiger partial charge in [0, 0.05) is 6.08 Å². The molecule has 2 aromatic rings. The number of hydrogen-bond acceptors (Lipinski definition) is 6. The number of hydroxylamine groups is 1. The number of esters is 1. The average molecular weight is 354 g/mol. The van der Waals surface area contributed by atoms with E-state index in [1.165, 1.54) is 18.7 Å². The van der Waals surface area contributed by atoms with Crippen LogP contribution in [-0.2, 0) is 21.0 Å². The van der Waals surface area contributed by atoms with Gasteiger partial charge in [-0.05, 0) is 34.9 Å². The highest BCUT2D eigenvalue weighted by Gasteiger charge is 2.04. The Hall–Kier alpha value is -3.45. The van der Waals surface area contributed by atoms with Crippen molar-refractivity contribution in [2.45, 2.75) is 6.61 Å². The highest BCUT2D eigenvalue weighted by atomic mass is 16.6. The fraction of sp³-hybridized carbons (Fsp3) is 0.105. The third-order valence-electron chi connectivity index (χ3n) is 3.36. The maximum atomic E-state index is 11.3. The number of carbonyl (C=O) groups excluding carboxylic acids is 2. The van der Waals surface area contributed by atoms with Gasteiger partial charge < -0.3 is 9.57 Å². The van der Waals surface area contributed by atoms with Crippen LogP contribution in [0.2, 0.25) is 0 Å². The average Bonchev–Trinajstić information content (AvgIpc) is 2.70. The molecule has 2 N–H and O–H groups in total. The molecule has 7 heteroatoms. The van der Waals surface area contributed by atoms with Crippen LogP contribution in [0.25, 0.3) is 6.08 Å². The van der Waals surface area contributed by atoms with Crippen molar-refractivity contribution in [3.63, 3.8) is 0 Å². The van der Waals surface area contributed by atoms with Crippen molar-refractivity contribution >= 4 is 24.2 Å². The first-order valence-electron chi connectivity index (χ1n) is 7.67. The molecule has 0 bridgehead atoms. The van der Waals surface area contributed by atoms with Gasteiger partial charge in [-0.2, -0.15) is 0 Å². The molecule has 0 aromatic heterocycles. The summed E-state index contributed by atoms with van der Waals surface area (Å²) in [6.45, 7) is 0.273. The first-order chi connectivity index (χ1) is 12.6. The Morgan fingerprint density at radius 1 is 1.08 bits per heavy atom. The maximum Gasteiger partial charge on any atom is 0.337 e. The van der Waals surface area contributed by atoms with Crippen LogP contribution in [0, 0.1) is 0 Å². The van der Waals surface area contributed by atoms with E-state index in [-0.39, 0.29) is 12.6 Å². The minimum absolute atomic E-state index is 0.273. The number of nitrogens with zero attached hydrogens (tertiary/aromatic N) is 1. The molecule has 0 saturated carbocycles. The van der Waals surface area contributed by atoms with Gasteiger partial charge in [-0.25, -0.2) is 10.3 Å². The molecule has 0 spiro atoms. The van der Waals surface area contributed by atoms with Gasteiger partial charge in [-0.1, -0.05) is 41.6 Å². The lowest BCUT2D eigenvalue weighted by molar-refractivity contribution is -0.124. The normalized spacial score (nSPS) is 10.8. The second-order valence-corrected chi connectivity index (χ2v) is 5.17. The largest absolute Gasteiger partial charge is 0.465 e. The number of rotatable bonds is 7. The molecule has 0 unspecified atom stereocenters. The van der Waals surface area contributed by atoms with E-state index in [2.05, 4.69) is 9.89 Å². The van der Waals surface area contributed by atoms with Gasteiger partial charge in [-0.3, -0.25) is 10.0 Å².